The van der Waals surface area contributed by atoms with Gasteiger partial charge < -0.3 is 50.0 Å². The number of aliphatic hydroxyl groups excluding tert-OH is 3. The van der Waals surface area contributed by atoms with Crippen molar-refractivity contribution in [3.8, 4) is 28.7 Å². The van der Waals surface area contributed by atoms with E-state index >= 15 is 0 Å². The first-order valence-electron chi connectivity index (χ1n) is 9.50. The van der Waals surface area contributed by atoms with Gasteiger partial charge in [-0.15, -0.1) is 0 Å². The number of phenols is 4. The molecule has 0 bridgehead atoms. The molecule has 2 heterocycles. The van der Waals surface area contributed by atoms with Crippen LogP contribution in [0.25, 0.3) is 5.76 Å². The largest absolute Gasteiger partial charge is 0.508 e. The van der Waals surface area contributed by atoms with Crippen LogP contribution in [0.3, 0.4) is 0 Å². The lowest BCUT2D eigenvalue weighted by molar-refractivity contribution is -0.283. The topological polar surface area (TPSA) is 169 Å². The minimum absolute atomic E-state index is 0.0436. The first-order chi connectivity index (χ1) is 14.7. The van der Waals surface area contributed by atoms with Gasteiger partial charge in [0.25, 0.3) is 0 Å². The van der Waals surface area contributed by atoms with Gasteiger partial charge >= 0.3 is 0 Å². The molecule has 0 amide bonds. The Kier molecular flexibility index (Phi) is 5.31. The zero-order chi connectivity index (χ0) is 22.4. The molecule has 5 atom stereocenters. The zero-order valence-corrected chi connectivity index (χ0v) is 16.3. The quantitative estimate of drug-likeness (QED) is 0.341. The first kappa shape index (κ1) is 21.1. The number of allylic oxidation sites excluding steroid dienone is 1. The fourth-order valence-electron chi connectivity index (χ4n) is 3.52. The molecule has 0 aliphatic carbocycles. The van der Waals surface area contributed by atoms with E-state index in [1.54, 1.807) is 0 Å². The predicted octanol–water partition coefficient (Wildman–Crippen LogP) is 0.657. The molecule has 2 aromatic rings. The van der Waals surface area contributed by atoms with Crippen LogP contribution in [-0.2, 0) is 15.9 Å². The van der Waals surface area contributed by atoms with Crippen LogP contribution >= 0.6 is 0 Å². The summed E-state index contributed by atoms with van der Waals surface area (Å²) in [5.41, 5.74) is 0.580. The molecule has 1 saturated heterocycles. The van der Waals surface area contributed by atoms with Gasteiger partial charge in [-0.1, -0.05) is 0 Å². The summed E-state index contributed by atoms with van der Waals surface area (Å²) in [5, 5.41) is 69.8. The molecule has 0 aromatic heterocycles. The SMILES string of the molecule is C[C@H]1O[C@H](OC2=C(c3ccc(O)c(O)c3)Oc3cc(O)cc(O)c3C2)[C@@H](O)[C@@H](O)[C@@H]1O. The lowest BCUT2D eigenvalue weighted by Crippen LogP contribution is -2.57. The van der Waals surface area contributed by atoms with E-state index in [4.69, 9.17) is 14.2 Å². The maximum absolute atomic E-state index is 10.3. The van der Waals surface area contributed by atoms with Crippen LogP contribution in [0, 0.1) is 0 Å². The molecule has 2 aliphatic rings. The van der Waals surface area contributed by atoms with Gasteiger partial charge in [0.05, 0.1) is 6.10 Å². The van der Waals surface area contributed by atoms with Crippen LogP contribution in [0.2, 0.25) is 0 Å². The molecular weight excluding hydrogens is 412 g/mol. The highest BCUT2D eigenvalue weighted by atomic mass is 16.7. The van der Waals surface area contributed by atoms with Crippen LogP contribution in [0.1, 0.15) is 18.1 Å². The minimum atomic E-state index is -1.58. The fraction of sp³-hybridized carbons (Fsp3) is 0.333. The Labute approximate surface area is 176 Å². The highest BCUT2D eigenvalue weighted by molar-refractivity contribution is 5.71. The van der Waals surface area contributed by atoms with E-state index in [-0.39, 0.29) is 46.5 Å². The average Bonchev–Trinajstić information content (AvgIpc) is 2.72. The summed E-state index contributed by atoms with van der Waals surface area (Å²) < 4.78 is 17.1. The van der Waals surface area contributed by atoms with Gasteiger partial charge in [0.2, 0.25) is 6.29 Å². The van der Waals surface area contributed by atoms with Crippen LogP contribution in [0.4, 0.5) is 0 Å². The second-order valence-electron chi connectivity index (χ2n) is 7.48. The van der Waals surface area contributed by atoms with Crippen LogP contribution in [0.15, 0.2) is 36.1 Å². The predicted molar refractivity (Wildman–Crippen MR) is 104 cm³/mol. The van der Waals surface area contributed by atoms with Crippen molar-refractivity contribution in [2.45, 2.75) is 44.1 Å². The van der Waals surface area contributed by atoms with E-state index in [1.807, 2.05) is 0 Å². The van der Waals surface area contributed by atoms with Crippen molar-refractivity contribution in [1.82, 2.24) is 0 Å². The molecule has 1 fully saturated rings. The molecule has 4 rings (SSSR count). The first-order valence-corrected chi connectivity index (χ1v) is 9.50. The Morgan fingerprint density at radius 3 is 2.32 bits per heavy atom. The Morgan fingerprint density at radius 2 is 1.61 bits per heavy atom. The van der Waals surface area contributed by atoms with Crippen molar-refractivity contribution in [3.05, 3.63) is 47.2 Å². The Bertz CT molecular complexity index is 1030. The van der Waals surface area contributed by atoms with Crippen molar-refractivity contribution in [2.75, 3.05) is 0 Å². The third-order valence-corrected chi connectivity index (χ3v) is 5.28. The van der Waals surface area contributed by atoms with Crippen LogP contribution < -0.4 is 4.74 Å². The van der Waals surface area contributed by atoms with E-state index in [1.165, 1.54) is 31.2 Å². The normalized spacial score (nSPS) is 28.1. The maximum Gasteiger partial charge on any atom is 0.228 e. The minimum Gasteiger partial charge on any atom is -0.508 e. The highest BCUT2D eigenvalue weighted by Gasteiger charge is 2.44. The summed E-state index contributed by atoms with van der Waals surface area (Å²) in [5.74, 6) is -0.964. The maximum atomic E-state index is 10.3. The van der Waals surface area contributed by atoms with Gasteiger partial charge in [-0.3, -0.25) is 0 Å². The van der Waals surface area contributed by atoms with Gasteiger partial charge in [-0.2, -0.15) is 0 Å². The molecule has 7 N–H and O–H groups in total. The molecule has 0 radical (unpaired) electrons. The molecule has 10 heteroatoms. The van der Waals surface area contributed by atoms with Crippen molar-refractivity contribution >= 4 is 5.76 Å². The molecule has 0 spiro atoms. The number of benzene rings is 2. The van der Waals surface area contributed by atoms with E-state index in [0.717, 1.165) is 6.07 Å². The van der Waals surface area contributed by atoms with Gasteiger partial charge in [0.1, 0.15) is 41.3 Å². The molecule has 2 aliphatic heterocycles. The number of hydrogen-bond acceptors (Lipinski definition) is 10. The molecule has 0 saturated carbocycles. The second kappa shape index (κ2) is 7.82. The van der Waals surface area contributed by atoms with Crippen molar-refractivity contribution < 1.29 is 50.0 Å². The summed E-state index contributed by atoms with van der Waals surface area (Å²) >= 11 is 0. The van der Waals surface area contributed by atoms with Gasteiger partial charge in [-0.25, -0.2) is 0 Å². The van der Waals surface area contributed by atoms with Crippen molar-refractivity contribution in [3.63, 3.8) is 0 Å². The van der Waals surface area contributed by atoms with Crippen molar-refractivity contribution in [2.24, 2.45) is 0 Å². The van der Waals surface area contributed by atoms with Crippen LogP contribution in [0.5, 0.6) is 28.7 Å². The third-order valence-electron chi connectivity index (χ3n) is 5.28. The van der Waals surface area contributed by atoms with E-state index < -0.39 is 36.5 Å². The number of aromatic hydroxyl groups is 4. The lowest BCUT2D eigenvalue weighted by Gasteiger charge is -2.39. The smallest absolute Gasteiger partial charge is 0.228 e. The lowest BCUT2D eigenvalue weighted by atomic mass is 9.99. The zero-order valence-electron chi connectivity index (χ0n) is 16.3. The third kappa shape index (κ3) is 3.81. The van der Waals surface area contributed by atoms with Gasteiger partial charge in [0.15, 0.2) is 17.3 Å². The van der Waals surface area contributed by atoms with E-state index in [0.29, 0.717) is 5.56 Å². The fourth-order valence-corrected chi connectivity index (χ4v) is 3.52. The number of aliphatic hydroxyl groups is 3. The molecular formula is C21H22O10. The number of phenolic OH excluding ortho intramolecular Hbond substituents is 4. The van der Waals surface area contributed by atoms with E-state index in [2.05, 4.69) is 0 Å². The number of ether oxygens (including phenoxy) is 3. The highest BCUT2D eigenvalue weighted by Crippen LogP contribution is 2.43. The molecule has 2 aromatic carbocycles. The Hall–Kier alpha value is -3.18. The summed E-state index contributed by atoms with van der Waals surface area (Å²) in [6.45, 7) is 1.50. The summed E-state index contributed by atoms with van der Waals surface area (Å²) in [6.07, 6.45) is -6.66. The molecule has 0 unspecified atom stereocenters. The van der Waals surface area contributed by atoms with E-state index in [9.17, 15) is 35.7 Å². The van der Waals surface area contributed by atoms with Crippen LogP contribution in [-0.4, -0.2) is 66.5 Å². The Morgan fingerprint density at radius 1 is 0.871 bits per heavy atom. The average molecular weight is 434 g/mol. The molecule has 31 heavy (non-hydrogen) atoms. The molecule has 166 valence electrons. The van der Waals surface area contributed by atoms with Crippen molar-refractivity contribution in [1.29, 1.82) is 0 Å². The Balaban J connectivity index is 1.76. The standard InChI is InChI=1S/C21H22O10/c1-8-17(26)18(27)19(28)21(29-8)31-16-7-11-13(24)5-10(22)6-15(11)30-20(16)9-2-3-12(23)14(25)4-9/h2-6,8,17-19,21-28H,7H2,1H3/t8-,17-,18+,19+,21-/m1/s1. The number of fused-ring (bicyclic) bond motifs is 1. The van der Waals surface area contributed by atoms with Gasteiger partial charge in [-0.05, 0) is 25.1 Å². The summed E-state index contributed by atoms with van der Waals surface area (Å²) in [4.78, 5) is 0. The summed E-state index contributed by atoms with van der Waals surface area (Å²) in [6, 6.07) is 6.33. The molecule has 10 nitrogen and oxygen atoms in total. The number of rotatable bonds is 3. The second-order valence-corrected chi connectivity index (χ2v) is 7.48. The van der Waals surface area contributed by atoms with Gasteiger partial charge in [0, 0.05) is 29.7 Å². The summed E-state index contributed by atoms with van der Waals surface area (Å²) in [7, 11) is 0. The monoisotopic (exact) mass is 434 g/mol. The number of hydrogen-bond donors (Lipinski definition) is 7.